The van der Waals surface area contributed by atoms with Crippen LogP contribution in [0.25, 0.3) is 10.9 Å². The first-order valence-corrected chi connectivity index (χ1v) is 11.7. The topological polar surface area (TPSA) is 63.5 Å². The Morgan fingerprint density at radius 1 is 1.03 bits per heavy atom. The molecule has 0 radical (unpaired) electrons. The Morgan fingerprint density at radius 3 is 2.44 bits per heavy atom. The van der Waals surface area contributed by atoms with Crippen LogP contribution in [0, 0.1) is 6.92 Å². The van der Waals surface area contributed by atoms with Crippen molar-refractivity contribution in [1.29, 1.82) is 0 Å². The summed E-state index contributed by atoms with van der Waals surface area (Å²) in [5, 5.41) is 1.01. The largest absolute Gasteiger partial charge is 0.497 e. The van der Waals surface area contributed by atoms with Crippen LogP contribution in [0.5, 0.6) is 5.75 Å². The second kappa shape index (κ2) is 8.81. The van der Waals surface area contributed by atoms with Gasteiger partial charge in [0, 0.05) is 61.2 Å². The van der Waals surface area contributed by atoms with Crippen molar-refractivity contribution in [3.05, 3.63) is 47.9 Å². The highest BCUT2D eigenvalue weighted by atomic mass is 16.5. The van der Waals surface area contributed by atoms with E-state index in [-0.39, 0.29) is 5.91 Å². The Hall–Kier alpha value is -3.09. The Bertz CT molecular complexity index is 1100. The molecule has 1 aliphatic heterocycles. The van der Waals surface area contributed by atoms with Gasteiger partial charge in [0.05, 0.1) is 12.7 Å². The van der Waals surface area contributed by atoms with Crippen LogP contribution in [-0.4, -0.2) is 58.6 Å². The fourth-order valence-corrected chi connectivity index (χ4v) is 5.35. The maximum Gasteiger partial charge on any atom is 0.256 e. The van der Waals surface area contributed by atoms with Gasteiger partial charge in [-0.25, -0.2) is 9.97 Å². The van der Waals surface area contributed by atoms with Crippen molar-refractivity contribution in [1.82, 2.24) is 19.4 Å². The first-order chi connectivity index (χ1) is 15.7. The summed E-state index contributed by atoms with van der Waals surface area (Å²) >= 11 is 0. The lowest BCUT2D eigenvalue weighted by Gasteiger charge is -2.34. The number of ether oxygens (including phenoxy) is 1. The zero-order valence-corrected chi connectivity index (χ0v) is 19.0. The number of rotatable bonds is 4. The predicted molar refractivity (Wildman–Crippen MR) is 125 cm³/mol. The predicted octanol–water partition coefficient (Wildman–Crippen LogP) is 4.22. The van der Waals surface area contributed by atoms with E-state index in [1.54, 1.807) is 19.5 Å². The van der Waals surface area contributed by atoms with Crippen LogP contribution in [0.2, 0.25) is 0 Å². The fraction of sp³-hybridized carbons (Fsp3) is 0.480. The molecular weight excluding hydrogens is 402 g/mol. The number of carbonyl (C=O) groups is 1. The van der Waals surface area contributed by atoms with Gasteiger partial charge in [-0.05, 0) is 44.0 Å². The summed E-state index contributed by atoms with van der Waals surface area (Å²) in [5.74, 6) is 1.64. The zero-order valence-electron chi connectivity index (χ0n) is 19.0. The maximum atomic E-state index is 13.8. The number of hydrogen-bond acceptors (Lipinski definition) is 5. The van der Waals surface area contributed by atoms with Crippen molar-refractivity contribution in [2.45, 2.75) is 45.1 Å². The maximum absolute atomic E-state index is 13.8. The van der Waals surface area contributed by atoms with Crippen molar-refractivity contribution in [2.24, 2.45) is 0 Å². The molecule has 2 aromatic heterocycles. The molecule has 168 valence electrons. The van der Waals surface area contributed by atoms with E-state index in [0.717, 1.165) is 46.9 Å². The van der Waals surface area contributed by atoms with Gasteiger partial charge in [0.15, 0.2) is 0 Å². The average Bonchev–Trinajstić information content (AvgIpc) is 3.15. The van der Waals surface area contributed by atoms with Gasteiger partial charge in [0.1, 0.15) is 5.75 Å². The molecule has 0 unspecified atom stereocenters. The Balaban J connectivity index is 1.46. The minimum Gasteiger partial charge on any atom is -0.497 e. The van der Waals surface area contributed by atoms with Crippen LogP contribution in [0.15, 0.2) is 36.7 Å². The minimum atomic E-state index is 0.115. The molecule has 0 atom stereocenters. The molecule has 1 aromatic carbocycles. The van der Waals surface area contributed by atoms with Crippen molar-refractivity contribution in [3.63, 3.8) is 0 Å². The lowest BCUT2D eigenvalue weighted by molar-refractivity contribution is 0.0747. The van der Waals surface area contributed by atoms with Crippen molar-refractivity contribution < 1.29 is 9.53 Å². The number of aromatic nitrogens is 3. The third-order valence-electron chi connectivity index (χ3n) is 7.01. The molecule has 1 saturated carbocycles. The molecule has 32 heavy (non-hydrogen) atoms. The highest BCUT2D eigenvalue weighted by Crippen LogP contribution is 2.37. The summed E-state index contributed by atoms with van der Waals surface area (Å²) in [5.41, 5.74) is 3.06. The highest BCUT2D eigenvalue weighted by Gasteiger charge is 2.30. The molecule has 2 aliphatic rings. The number of piperazine rings is 1. The first kappa shape index (κ1) is 20.8. The van der Waals surface area contributed by atoms with Crippen molar-refractivity contribution in [2.75, 3.05) is 38.2 Å². The summed E-state index contributed by atoms with van der Waals surface area (Å²) in [4.78, 5) is 26.6. The third-order valence-corrected chi connectivity index (χ3v) is 7.01. The third kappa shape index (κ3) is 3.70. The van der Waals surface area contributed by atoms with Crippen LogP contribution in [-0.2, 0) is 0 Å². The van der Waals surface area contributed by atoms with E-state index in [1.807, 2.05) is 23.1 Å². The van der Waals surface area contributed by atoms with Crippen LogP contribution in [0.4, 0.5) is 5.95 Å². The zero-order chi connectivity index (χ0) is 22.1. The number of amides is 1. The molecule has 0 bridgehead atoms. The quantitative estimate of drug-likeness (QED) is 0.617. The van der Waals surface area contributed by atoms with Crippen molar-refractivity contribution >= 4 is 22.8 Å². The SMILES string of the molecule is COc1ccc2c(c1)c(C(=O)N1CCN(c3ncccn3)CC1)c(C)n2C1CCCCC1. The van der Waals surface area contributed by atoms with E-state index in [0.29, 0.717) is 19.1 Å². The van der Waals surface area contributed by atoms with Crippen molar-refractivity contribution in [3.8, 4) is 5.75 Å². The number of hydrogen-bond donors (Lipinski definition) is 0. The lowest BCUT2D eigenvalue weighted by atomic mass is 9.95. The Labute approximate surface area is 189 Å². The fourth-order valence-electron chi connectivity index (χ4n) is 5.35. The number of nitrogens with zero attached hydrogens (tertiary/aromatic N) is 5. The number of benzene rings is 1. The summed E-state index contributed by atoms with van der Waals surface area (Å²) in [6.45, 7) is 4.91. The lowest BCUT2D eigenvalue weighted by Crippen LogP contribution is -2.49. The molecule has 3 heterocycles. The Morgan fingerprint density at radius 2 is 1.75 bits per heavy atom. The molecular formula is C25H31N5O2. The van der Waals surface area contributed by atoms with Gasteiger partial charge in [-0.2, -0.15) is 0 Å². The van der Waals surface area contributed by atoms with E-state index in [2.05, 4.69) is 32.4 Å². The van der Waals surface area contributed by atoms with Crippen LogP contribution in [0.1, 0.15) is 54.2 Å². The van der Waals surface area contributed by atoms with Gasteiger partial charge < -0.3 is 19.1 Å². The molecule has 7 heteroatoms. The van der Waals surface area contributed by atoms with E-state index in [4.69, 9.17) is 4.74 Å². The van der Waals surface area contributed by atoms with Crippen LogP contribution >= 0.6 is 0 Å². The minimum absolute atomic E-state index is 0.115. The number of anilines is 1. The van der Waals surface area contributed by atoms with E-state index < -0.39 is 0 Å². The molecule has 1 amide bonds. The summed E-state index contributed by atoms with van der Waals surface area (Å²) < 4.78 is 7.93. The van der Waals surface area contributed by atoms with Gasteiger partial charge in [-0.1, -0.05) is 19.3 Å². The van der Waals surface area contributed by atoms with E-state index >= 15 is 0 Å². The summed E-state index contributed by atoms with van der Waals surface area (Å²) in [6, 6.07) is 8.45. The second-order valence-corrected chi connectivity index (χ2v) is 8.83. The summed E-state index contributed by atoms with van der Waals surface area (Å²) in [6.07, 6.45) is 9.71. The molecule has 2 fully saturated rings. The van der Waals surface area contributed by atoms with E-state index in [9.17, 15) is 4.79 Å². The summed E-state index contributed by atoms with van der Waals surface area (Å²) in [7, 11) is 1.68. The number of methoxy groups -OCH3 is 1. The number of carbonyl (C=O) groups excluding carboxylic acids is 1. The van der Waals surface area contributed by atoms with Gasteiger partial charge in [0.25, 0.3) is 5.91 Å². The molecule has 7 nitrogen and oxygen atoms in total. The first-order valence-electron chi connectivity index (χ1n) is 11.7. The highest BCUT2D eigenvalue weighted by molar-refractivity contribution is 6.09. The monoisotopic (exact) mass is 433 g/mol. The standard InChI is InChI=1S/C25H31N5O2/c1-18-23(24(31)28-13-15-29(16-14-28)25-26-11-6-12-27-25)21-17-20(32-2)9-10-22(21)30(18)19-7-4-3-5-8-19/h6,9-12,17,19H,3-5,7-8,13-16H2,1-2H3. The van der Waals surface area contributed by atoms with Gasteiger partial charge in [-0.3, -0.25) is 4.79 Å². The molecule has 1 saturated heterocycles. The van der Waals surface area contributed by atoms with Crippen LogP contribution in [0.3, 0.4) is 0 Å². The number of fused-ring (bicyclic) bond motifs is 1. The molecule has 3 aromatic rings. The normalized spacial score (nSPS) is 17.7. The average molecular weight is 434 g/mol. The van der Waals surface area contributed by atoms with E-state index in [1.165, 1.54) is 32.1 Å². The van der Waals surface area contributed by atoms with Gasteiger partial charge in [0.2, 0.25) is 5.95 Å². The molecule has 5 rings (SSSR count). The molecule has 0 spiro atoms. The molecule has 0 N–H and O–H groups in total. The molecule has 1 aliphatic carbocycles. The Kier molecular flexibility index (Phi) is 5.72. The smallest absolute Gasteiger partial charge is 0.256 e. The van der Waals surface area contributed by atoms with Gasteiger partial charge in [-0.15, -0.1) is 0 Å². The van der Waals surface area contributed by atoms with Crippen LogP contribution < -0.4 is 9.64 Å². The van der Waals surface area contributed by atoms with Gasteiger partial charge >= 0.3 is 0 Å². The second-order valence-electron chi connectivity index (χ2n) is 8.83.